The number of aromatic nitrogens is 1. The molecule has 0 unspecified atom stereocenters. The van der Waals surface area contributed by atoms with Crippen LogP contribution in [0.5, 0.6) is 11.5 Å². The summed E-state index contributed by atoms with van der Waals surface area (Å²) in [6.45, 7) is 2.99. The Bertz CT molecular complexity index is 745. The number of morpholine rings is 1. The minimum absolute atomic E-state index is 0.276. The van der Waals surface area contributed by atoms with Crippen LogP contribution in [-0.2, 0) is 4.74 Å². The molecule has 0 spiro atoms. The highest BCUT2D eigenvalue weighted by atomic mass is 16.5. The molecule has 3 rings (SSSR count). The normalized spacial score (nSPS) is 14.1. The van der Waals surface area contributed by atoms with Crippen molar-refractivity contribution in [2.24, 2.45) is 0 Å². The average molecular weight is 343 g/mol. The molecule has 1 aliphatic rings. The summed E-state index contributed by atoms with van der Waals surface area (Å²) >= 11 is 0. The van der Waals surface area contributed by atoms with Crippen LogP contribution in [0.1, 0.15) is 10.5 Å². The maximum Gasteiger partial charge on any atom is 0.274 e. The third kappa shape index (κ3) is 4.00. The van der Waals surface area contributed by atoms with Crippen LogP contribution >= 0.6 is 0 Å². The number of carbonyl (C=O) groups excluding carboxylic acids is 1. The van der Waals surface area contributed by atoms with E-state index in [1.807, 2.05) is 6.07 Å². The summed E-state index contributed by atoms with van der Waals surface area (Å²) in [5.41, 5.74) is 1.94. The van der Waals surface area contributed by atoms with Gasteiger partial charge in [-0.1, -0.05) is 0 Å². The number of amides is 1. The first-order valence-corrected chi connectivity index (χ1v) is 8.03. The Hall–Kier alpha value is -2.80. The molecule has 132 valence electrons. The second-order valence-corrected chi connectivity index (χ2v) is 5.52. The van der Waals surface area contributed by atoms with Gasteiger partial charge in [-0.05, 0) is 24.3 Å². The molecule has 7 heteroatoms. The van der Waals surface area contributed by atoms with Gasteiger partial charge < -0.3 is 24.4 Å². The number of hydrogen-bond donors (Lipinski definition) is 1. The van der Waals surface area contributed by atoms with Gasteiger partial charge in [0.05, 0.1) is 27.4 Å². The van der Waals surface area contributed by atoms with Gasteiger partial charge >= 0.3 is 0 Å². The molecule has 0 saturated carbocycles. The highest BCUT2D eigenvalue weighted by molar-refractivity contribution is 6.03. The largest absolute Gasteiger partial charge is 0.493 e. The number of anilines is 2. The summed E-state index contributed by atoms with van der Waals surface area (Å²) in [6, 6.07) is 8.90. The van der Waals surface area contributed by atoms with Crippen LogP contribution in [0, 0.1) is 0 Å². The van der Waals surface area contributed by atoms with E-state index in [1.165, 1.54) is 0 Å². The highest BCUT2D eigenvalue weighted by Gasteiger charge is 2.15. The average Bonchev–Trinajstić information content (AvgIpc) is 2.68. The lowest BCUT2D eigenvalue weighted by atomic mass is 10.2. The zero-order valence-electron chi connectivity index (χ0n) is 14.3. The van der Waals surface area contributed by atoms with Gasteiger partial charge in [-0.25, -0.2) is 0 Å². The second kappa shape index (κ2) is 7.85. The van der Waals surface area contributed by atoms with E-state index in [4.69, 9.17) is 14.2 Å². The van der Waals surface area contributed by atoms with E-state index in [0.717, 1.165) is 18.8 Å². The van der Waals surface area contributed by atoms with E-state index in [0.29, 0.717) is 36.1 Å². The standard InChI is InChI=1S/C18H21N3O4/c1-23-16-4-3-13(11-17(16)24-2)20-18(22)15-12-14(5-6-19-15)21-7-9-25-10-8-21/h3-6,11-12H,7-10H2,1-2H3,(H,20,22). The Morgan fingerprint density at radius 1 is 1.12 bits per heavy atom. The first kappa shape index (κ1) is 17.0. The molecule has 2 aromatic rings. The first-order chi connectivity index (χ1) is 12.2. The highest BCUT2D eigenvalue weighted by Crippen LogP contribution is 2.30. The van der Waals surface area contributed by atoms with Crippen molar-refractivity contribution in [1.82, 2.24) is 4.98 Å². The molecular weight excluding hydrogens is 322 g/mol. The molecule has 1 saturated heterocycles. The smallest absolute Gasteiger partial charge is 0.274 e. The Morgan fingerprint density at radius 3 is 2.60 bits per heavy atom. The summed E-state index contributed by atoms with van der Waals surface area (Å²) in [5.74, 6) is 0.880. The third-order valence-electron chi connectivity index (χ3n) is 3.99. The van der Waals surface area contributed by atoms with Gasteiger partial charge in [-0.2, -0.15) is 0 Å². The van der Waals surface area contributed by atoms with Crippen LogP contribution in [0.25, 0.3) is 0 Å². The molecule has 1 aromatic heterocycles. The van der Waals surface area contributed by atoms with E-state index >= 15 is 0 Å². The van der Waals surface area contributed by atoms with Crippen molar-refractivity contribution < 1.29 is 19.0 Å². The Morgan fingerprint density at radius 2 is 1.88 bits per heavy atom. The van der Waals surface area contributed by atoms with Crippen molar-refractivity contribution >= 4 is 17.3 Å². The monoisotopic (exact) mass is 343 g/mol. The van der Waals surface area contributed by atoms with Crippen LogP contribution in [0.2, 0.25) is 0 Å². The van der Waals surface area contributed by atoms with E-state index in [1.54, 1.807) is 44.7 Å². The van der Waals surface area contributed by atoms with Crippen LogP contribution in [0.4, 0.5) is 11.4 Å². The molecule has 1 N–H and O–H groups in total. The Balaban J connectivity index is 1.75. The maximum atomic E-state index is 12.5. The van der Waals surface area contributed by atoms with Gasteiger partial charge in [0.1, 0.15) is 5.69 Å². The Labute approximate surface area is 146 Å². The van der Waals surface area contributed by atoms with Crippen molar-refractivity contribution in [1.29, 1.82) is 0 Å². The number of hydrogen-bond acceptors (Lipinski definition) is 6. The summed E-state index contributed by atoms with van der Waals surface area (Å²) < 4.78 is 15.8. The molecule has 0 aliphatic carbocycles. The topological polar surface area (TPSA) is 72.9 Å². The number of ether oxygens (including phenoxy) is 3. The fourth-order valence-corrected chi connectivity index (χ4v) is 2.67. The molecule has 1 amide bonds. The van der Waals surface area contributed by atoms with Crippen molar-refractivity contribution in [3.63, 3.8) is 0 Å². The Kier molecular flexibility index (Phi) is 5.35. The fourth-order valence-electron chi connectivity index (χ4n) is 2.67. The van der Waals surface area contributed by atoms with Crippen molar-refractivity contribution in [3.8, 4) is 11.5 Å². The number of carbonyl (C=O) groups is 1. The van der Waals surface area contributed by atoms with Gasteiger partial charge in [-0.3, -0.25) is 9.78 Å². The lowest BCUT2D eigenvalue weighted by Gasteiger charge is -2.28. The third-order valence-corrected chi connectivity index (χ3v) is 3.99. The van der Waals surface area contributed by atoms with Crippen LogP contribution in [-0.4, -0.2) is 51.4 Å². The molecule has 1 aromatic carbocycles. The van der Waals surface area contributed by atoms with Gasteiger partial charge in [-0.15, -0.1) is 0 Å². The summed E-state index contributed by atoms with van der Waals surface area (Å²) in [4.78, 5) is 18.9. The second-order valence-electron chi connectivity index (χ2n) is 5.52. The van der Waals surface area contributed by atoms with E-state index in [9.17, 15) is 4.79 Å². The van der Waals surface area contributed by atoms with Gasteiger partial charge in [0.15, 0.2) is 11.5 Å². The number of nitrogens with one attached hydrogen (secondary N) is 1. The summed E-state index contributed by atoms with van der Waals surface area (Å²) in [5, 5.41) is 2.83. The predicted molar refractivity (Wildman–Crippen MR) is 94.8 cm³/mol. The zero-order chi connectivity index (χ0) is 17.6. The van der Waals surface area contributed by atoms with E-state index in [-0.39, 0.29) is 5.91 Å². The molecule has 1 fully saturated rings. The molecule has 2 heterocycles. The molecule has 0 bridgehead atoms. The van der Waals surface area contributed by atoms with Crippen LogP contribution in [0.3, 0.4) is 0 Å². The number of benzene rings is 1. The summed E-state index contributed by atoms with van der Waals surface area (Å²) in [7, 11) is 3.12. The maximum absolute atomic E-state index is 12.5. The van der Waals surface area contributed by atoms with Gasteiger partial charge in [0.2, 0.25) is 0 Å². The predicted octanol–water partition coefficient (Wildman–Crippen LogP) is 2.19. The minimum atomic E-state index is -0.276. The van der Waals surface area contributed by atoms with Gasteiger partial charge in [0, 0.05) is 36.7 Å². The van der Waals surface area contributed by atoms with E-state index in [2.05, 4.69) is 15.2 Å². The molecule has 7 nitrogen and oxygen atoms in total. The molecular formula is C18H21N3O4. The molecule has 1 aliphatic heterocycles. The first-order valence-electron chi connectivity index (χ1n) is 8.03. The molecule has 25 heavy (non-hydrogen) atoms. The van der Waals surface area contributed by atoms with Crippen molar-refractivity contribution in [2.75, 3.05) is 50.7 Å². The van der Waals surface area contributed by atoms with Crippen LogP contribution < -0.4 is 19.7 Å². The van der Waals surface area contributed by atoms with Crippen molar-refractivity contribution in [2.45, 2.75) is 0 Å². The lowest BCUT2D eigenvalue weighted by molar-refractivity contribution is 0.102. The van der Waals surface area contributed by atoms with Crippen LogP contribution in [0.15, 0.2) is 36.5 Å². The molecule has 0 atom stereocenters. The number of pyridine rings is 1. The number of methoxy groups -OCH3 is 2. The number of rotatable bonds is 5. The molecule has 0 radical (unpaired) electrons. The zero-order valence-corrected chi connectivity index (χ0v) is 14.3. The fraction of sp³-hybridized carbons (Fsp3) is 0.333. The number of nitrogens with zero attached hydrogens (tertiary/aromatic N) is 2. The SMILES string of the molecule is COc1ccc(NC(=O)c2cc(N3CCOCC3)ccn2)cc1OC. The summed E-state index contributed by atoms with van der Waals surface area (Å²) in [6.07, 6.45) is 1.65. The van der Waals surface area contributed by atoms with Gasteiger partial charge in [0.25, 0.3) is 5.91 Å². The quantitative estimate of drug-likeness (QED) is 0.897. The van der Waals surface area contributed by atoms with E-state index < -0.39 is 0 Å². The van der Waals surface area contributed by atoms with Crippen molar-refractivity contribution in [3.05, 3.63) is 42.2 Å². The lowest BCUT2D eigenvalue weighted by Crippen LogP contribution is -2.36. The minimum Gasteiger partial charge on any atom is -0.493 e.